The highest BCUT2D eigenvalue weighted by Gasteiger charge is 2.17. The summed E-state index contributed by atoms with van der Waals surface area (Å²) in [6, 6.07) is 10.6. The van der Waals surface area contributed by atoms with Crippen LogP contribution >= 0.6 is 0 Å². The molecule has 2 rings (SSSR count). The summed E-state index contributed by atoms with van der Waals surface area (Å²) in [5.74, 6) is 0.621. The van der Waals surface area contributed by atoms with Gasteiger partial charge >= 0.3 is 0 Å². The van der Waals surface area contributed by atoms with E-state index in [0.29, 0.717) is 19.0 Å². The van der Waals surface area contributed by atoms with Gasteiger partial charge in [-0.1, -0.05) is 56.0 Å². The zero-order valence-corrected chi connectivity index (χ0v) is 22.7. The average molecular weight is 497 g/mol. The first-order valence-corrected chi connectivity index (χ1v) is 14.0. The molecule has 0 bridgehead atoms. The molecule has 1 aromatic carbocycles. The summed E-state index contributed by atoms with van der Waals surface area (Å²) in [5, 5.41) is 10.7. The second kappa shape index (κ2) is 18.0. The van der Waals surface area contributed by atoms with Gasteiger partial charge in [-0.2, -0.15) is 0 Å². The fourth-order valence-electron chi connectivity index (χ4n) is 4.87. The van der Waals surface area contributed by atoms with Crippen LogP contribution in [0.5, 0.6) is 0 Å². The highest BCUT2D eigenvalue weighted by atomic mass is 15.2. The second-order valence-corrected chi connectivity index (χ2v) is 9.94. The topological polar surface area (TPSA) is 91.4 Å². The standard InChI is InChI=1S/C30H52N6/c1-4-30(29(23-32)22-27-13-8-5-9-14-27)35-24-28(15-11-16-31)26(3)34-17-10-6-7-12-25(2)36-20-18-33-19-21-36/h4-5,8-9,13-14,28-29,33-35H,2-3,6-7,10-12,15-24,31-32H2,1H3/b30-4+. The maximum Gasteiger partial charge on any atom is 0.0300 e. The van der Waals surface area contributed by atoms with Crippen LogP contribution in [0.1, 0.15) is 51.0 Å². The van der Waals surface area contributed by atoms with Crippen LogP contribution < -0.4 is 27.4 Å². The Balaban J connectivity index is 1.73. The lowest BCUT2D eigenvalue weighted by Crippen LogP contribution is -2.42. The summed E-state index contributed by atoms with van der Waals surface area (Å²) in [6.07, 6.45) is 9.79. The molecule has 6 heteroatoms. The number of hydrogen-bond donors (Lipinski definition) is 5. The molecule has 1 aliphatic rings. The monoisotopic (exact) mass is 496 g/mol. The summed E-state index contributed by atoms with van der Waals surface area (Å²) in [4.78, 5) is 2.43. The fourth-order valence-corrected chi connectivity index (χ4v) is 4.87. The first kappa shape index (κ1) is 29.9. The number of nitrogens with two attached hydrogens (primary N) is 2. The van der Waals surface area contributed by atoms with E-state index in [0.717, 1.165) is 77.1 Å². The Morgan fingerprint density at radius 3 is 2.44 bits per heavy atom. The van der Waals surface area contributed by atoms with E-state index in [-0.39, 0.29) is 5.92 Å². The fraction of sp³-hybridized carbons (Fsp3) is 0.600. The van der Waals surface area contributed by atoms with Crippen LogP contribution in [-0.4, -0.2) is 57.3 Å². The molecule has 2 unspecified atom stereocenters. The molecule has 0 amide bonds. The lowest BCUT2D eigenvalue weighted by atomic mass is 9.94. The minimum absolute atomic E-state index is 0.282. The Labute approximate surface area is 220 Å². The Morgan fingerprint density at radius 1 is 1.03 bits per heavy atom. The van der Waals surface area contributed by atoms with E-state index in [2.05, 4.69) is 77.3 Å². The number of piperazine rings is 1. The number of unbranched alkanes of at least 4 members (excludes halogenated alkanes) is 2. The Bertz CT molecular complexity index is 769. The molecule has 7 N–H and O–H groups in total. The summed E-state index contributed by atoms with van der Waals surface area (Å²) in [5.41, 5.74) is 17.0. The van der Waals surface area contributed by atoms with E-state index in [1.165, 1.54) is 29.8 Å². The van der Waals surface area contributed by atoms with E-state index in [1.54, 1.807) is 0 Å². The van der Waals surface area contributed by atoms with Gasteiger partial charge in [-0.15, -0.1) is 0 Å². The molecule has 1 aromatic rings. The van der Waals surface area contributed by atoms with E-state index < -0.39 is 0 Å². The Morgan fingerprint density at radius 2 is 1.78 bits per heavy atom. The van der Waals surface area contributed by atoms with Crippen LogP contribution in [0.15, 0.2) is 66.7 Å². The van der Waals surface area contributed by atoms with Crippen LogP contribution in [0.2, 0.25) is 0 Å². The summed E-state index contributed by atoms with van der Waals surface area (Å²) >= 11 is 0. The molecule has 0 aliphatic carbocycles. The molecule has 6 nitrogen and oxygen atoms in total. The van der Waals surface area contributed by atoms with Gasteiger partial charge in [0.05, 0.1) is 0 Å². The van der Waals surface area contributed by atoms with Crippen LogP contribution in [-0.2, 0) is 6.42 Å². The number of rotatable bonds is 19. The Hall–Kier alpha value is -2.28. The molecule has 202 valence electrons. The van der Waals surface area contributed by atoms with Crippen LogP contribution in [0, 0.1) is 11.8 Å². The van der Waals surface area contributed by atoms with E-state index in [9.17, 15) is 0 Å². The molecule has 0 spiro atoms. The van der Waals surface area contributed by atoms with Crippen molar-refractivity contribution in [3.05, 3.63) is 72.2 Å². The van der Waals surface area contributed by atoms with Crippen molar-refractivity contribution in [1.29, 1.82) is 0 Å². The molecule has 1 fully saturated rings. The van der Waals surface area contributed by atoms with Gasteiger partial charge < -0.3 is 32.3 Å². The molecule has 1 aliphatic heterocycles. The van der Waals surface area contributed by atoms with Crippen LogP contribution in [0.3, 0.4) is 0 Å². The first-order valence-electron chi connectivity index (χ1n) is 14.0. The predicted octanol–water partition coefficient (Wildman–Crippen LogP) is 3.74. The SMILES string of the molecule is C=C(NCCCCCC(=C)N1CCNCC1)C(CCCN)CN/C(=C/C)C(CN)Cc1ccccc1. The molecule has 2 atom stereocenters. The molecule has 1 heterocycles. The maximum atomic E-state index is 6.17. The number of benzene rings is 1. The third kappa shape index (κ3) is 11.2. The third-order valence-electron chi connectivity index (χ3n) is 7.22. The highest BCUT2D eigenvalue weighted by Crippen LogP contribution is 2.18. The Kier molecular flexibility index (Phi) is 15.0. The molecule has 1 saturated heterocycles. The zero-order valence-electron chi connectivity index (χ0n) is 22.7. The van der Waals surface area contributed by atoms with Gasteiger partial charge in [0, 0.05) is 74.7 Å². The van der Waals surface area contributed by atoms with Gasteiger partial charge in [-0.3, -0.25) is 0 Å². The molecular formula is C30H52N6. The number of nitrogens with one attached hydrogen (secondary N) is 3. The number of nitrogens with zero attached hydrogens (tertiary/aromatic N) is 1. The van der Waals surface area contributed by atoms with Crippen LogP contribution in [0.25, 0.3) is 0 Å². The van der Waals surface area contributed by atoms with Gasteiger partial charge in [-0.05, 0) is 57.6 Å². The van der Waals surface area contributed by atoms with Crippen molar-refractivity contribution in [2.75, 3.05) is 52.4 Å². The van der Waals surface area contributed by atoms with Crippen molar-refractivity contribution in [3.63, 3.8) is 0 Å². The van der Waals surface area contributed by atoms with Crippen molar-refractivity contribution in [2.45, 2.75) is 51.9 Å². The van der Waals surface area contributed by atoms with Gasteiger partial charge in [-0.25, -0.2) is 0 Å². The van der Waals surface area contributed by atoms with Gasteiger partial charge in [0.1, 0.15) is 0 Å². The minimum atomic E-state index is 0.282. The number of allylic oxidation sites excluding steroid dienone is 2. The van der Waals surface area contributed by atoms with Gasteiger partial charge in [0.15, 0.2) is 0 Å². The second-order valence-electron chi connectivity index (χ2n) is 9.94. The summed E-state index contributed by atoms with van der Waals surface area (Å²) < 4.78 is 0. The quantitative estimate of drug-likeness (QED) is 0.188. The van der Waals surface area contributed by atoms with Crippen LogP contribution in [0.4, 0.5) is 0 Å². The molecule has 36 heavy (non-hydrogen) atoms. The molecule has 0 saturated carbocycles. The van der Waals surface area contributed by atoms with E-state index in [1.807, 2.05) is 0 Å². The highest BCUT2D eigenvalue weighted by molar-refractivity contribution is 5.19. The van der Waals surface area contributed by atoms with Crippen molar-refractivity contribution < 1.29 is 0 Å². The van der Waals surface area contributed by atoms with Crippen molar-refractivity contribution in [3.8, 4) is 0 Å². The normalized spacial score (nSPS) is 15.9. The molecular weight excluding hydrogens is 444 g/mol. The molecule has 0 radical (unpaired) electrons. The zero-order chi connectivity index (χ0) is 26.0. The largest absolute Gasteiger partial charge is 0.389 e. The lowest BCUT2D eigenvalue weighted by Gasteiger charge is -2.31. The average Bonchev–Trinajstić information content (AvgIpc) is 2.92. The van der Waals surface area contributed by atoms with Gasteiger partial charge in [0.25, 0.3) is 0 Å². The van der Waals surface area contributed by atoms with E-state index in [4.69, 9.17) is 11.5 Å². The smallest absolute Gasteiger partial charge is 0.0300 e. The van der Waals surface area contributed by atoms with Crippen molar-refractivity contribution in [2.24, 2.45) is 23.3 Å². The maximum absolute atomic E-state index is 6.17. The van der Waals surface area contributed by atoms with E-state index >= 15 is 0 Å². The van der Waals surface area contributed by atoms with Crippen molar-refractivity contribution in [1.82, 2.24) is 20.9 Å². The predicted molar refractivity (Wildman–Crippen MR) is 155 cm³/mol. The summed E-state index contributed by atoms with van der Waals surface area (Å²) in [7, 11) is 0. The van der Waals surface area contributed by atoms with Crippen molar-refractivity contribution >= 4 is 0 Å². The summed E-state index contributed by atoms with van der Waals surface area (Å²) in [6.45, 7) is 18.2. The minimum Gasteiger partial charge on any atom is -0.389 e. The third-order valence-corrected chi connectivity index (χ3v) is 7.22. The lowest BCUT2D eigenvalue weighted by molar-refractivity contribution is 0.289. The number of hydrogen-bond acceptors (Lipinski definition) is 6. The first-order chi connectivity index (χ1) is 17.6. The van der Waals surface area contributed by atoms with Gasteiger partial charge in [0.2, 0.25) is 0 Å². The molecule has 0 aromatic heterocycles.